The van der Waals surface area contributed by atoms with Crippen molar-refractivity contribution in [2.75, 3.05) is 7.11 Å². The lowest BCUT2D eigenvalue weighted by molar-refractivity contribution is -0.168. The minimum absolute atomic E-state index is 0.0816. The van der Waals surface area contributed by atoms with Gasteiger partial charge in [-0.2, -0.15) is 13.2 Å². The first-order chi connectivity index (χ1) is 9.79. The van der Waals surface area contributed by atoms with E-state index in [1.807, 2.05) is 0 Å². The van der Waals surface area contributed by atoms with Gasteiger partial charge in [0.05, 0.1) is 25.4 Å². The summed E-state index contributed by atoms with van der Waals surface area (Å²) in [6, 6.07) is 4.09. The number of alkyl halides is 3. The van der Waals surface area contributed by atoms with Crippen LogP contribution in [0.1, 0.15) is 17.5 Å². The Morgan fingerprint density at radius 3 is 2.67 bits per heavy atom. The fourth-order valence-corrected chi connectivity index (χ4v) is 2.09. The first-order valence-electron chi connectivity index (χ1n) is 5.93. The number of hydrogen-bond donors (Lipinski definition) is 0. The number of methoxy groups -OCH3 is 1. The molecule has 0 saturated carbocycles. The largest absolute Gasteiger partial charge is 0.478 e. The van der Waals surface area contributed by atoms with Gasteiger partial charge in [-0.3, -0.25) is 4.79 Å². The molecule has 1 aromatic carbocycles. The zero-order valence-electron chi connectivity index (χ0n) is 10.9. The van der Waals surface area contributed by atoms with Crippen molar-refractivity contribution >= 4 is 11.8 Å². The fourth-order valence-electron chi connectivity index (χ4n) is 2.09. The van der Waals surface area contributed by atoms with Crippen LogP contribution in [0.2, 0.25) is 0 Å². The minimum Gasteiger partial charge on any atom is -0.478 e. The lowest BCUT2D eigenvalue weighted by Gasteiger charge is -2.32. The molecule has 21 heavy (non-hydrogen) atoms. The molecular formula is C14H11F3O4. The van der Waals surface area contributed by atoms with Crippen LogP contribution >= 0.6 is 0 Å². The fraction of sp³-hybridized carbons (Fsp3) is 0.286. The van der Waals surface area contributed by atoms with Gasteiger partial charge < -0.3 is 9.47 Å². The number of rotatable bonds is 2. The van der Waals surface area contributed by atoms with Crippen LogP contribution in [0.3, 0.4) is 0 Å². The molecule has 2 rings (SSSR count). The Kier molecular flexibility index (Phi) is 3.76. The summed E-state index contributed by atoms with van der Waals surface area (Å²) in [6.07, 6.45) is -2.89. The van der Waals surface area contributed by atoms with Gasteiger partial charge in [0.2, 0.25) is 5.60 Å². The van der Waals surface area contributed by atoms with Gasteiger partial charge in [0.1, 0.15) is 0 Å². The maximum atomic E-state index is 12.8. The first kappa shape index (κ1) is 15.1. The van der Waals surface area contributed by atoms with Crippen molar-refractivity contribution in [2.24, 2.45) is 0 Å². The van der Waals surface area contributed by atoms with Crippen molar-refractivity contribution in [3.8, 4) is 0 Å². The molecule has 1 atom stereocenters. The summed E-state index contributed by atoms with van der Waals surface area (Å²) in [5, 5.41) is 0. The van der Waals surface area contributed by atoms with Crippen molar-refractivity contribution in [2.45, 2.75) is 18.2 Å². The summed E-state index contributed by atoms with van der Waals surface area (Å²) in [4.78, 5) is 23.5. The van der Waals surface area contributed by atoms with E-state index in [2.05, 4.69) is 4.74 Å². The molecule has 0 aliphatic carbocycles. The van der Waals surface area contributed by atoms with Crippen LogP contribution in [-0.4, -0.2) is 18.9 Å². The molecule has 0 aromatic heterocycles. The van der Waals surface area contributed by atoms with Crippen molar-refractivity contribution < 1.29 is 32.2 Å². The highest BCUT2D eigenvalue weighted by molar-refractivity contribution is 5.96. The molecule has 1 aliphatic heterocycles. The SMILES string of the molecule is COC(=O)[C@]1(c2cccc(C(F)(F)F)c2)CC(=O)C=CO1. The normalized spacial score (nSPS) is 21.8. The average molecular weight is 300 g/mol. The molecule has 7 heteroatoms. The van der Waals surface area contributed by atoms with E-state index in [9.17, 15) is 22.8 Å². The molecule has 112 valence electrons. The molecule has 1 aromatic rings. The second-order valence-electron chi connectivity index (χ2n) is 4.46. The molecule has 1 aliphatic rings. The van der Waals surface area contributed by atoms with Crippen LogP contribution in [0, 0.1) is 0 Å². The van der Waals surface area contributed by atoms with E-state index in [4.69, 9.17) is 4.74 Å². The van der Waals surface area contributed by atoms with Crippen LogP contribution in [0.4, 0.5) is 13.2 Å². The van der Waals surface area contributed by atoms with Crippen LogP contribution in [0.25, 0.3) is 0 Å². The third kappa shape index (κ3) is 2.76. The van der Waals surface area contributed by atoms with E-state index in [1.165, 1.54) is 6.07 Å². The highest BCUT2D eigenvalue weighted by atomic mass is 19.4. The van der Waals surface area contributed by atoms with Gasteiger partial charge in [0.15, 0.2) is 5.78 Å². The maximum absolute atomic E-state index is 12.8. The topological polar surface area (TPSA) is 52.6 Å². The predicted molar refractivity (Wildman–Crippen MR) is 65.0 cm³/mol. The zero-order chi connectivity index (χ0) is 15.7. The Morgan fingerprint density at radius 1 is 1.38 bits per heavy atom. The van der Waals surface area contributed by atoms with Gasteiger partial charge in [-0.15, -0.1) is 0 Å². The third-order valence-corrected chi connectivity index (χ3v) is 3.12. The zero-order valence-corrected chi connectivity index (χ0v) is 10.9. The predicted octanol–water partition coefficient (Wildman–Crippen LogP) is 2.58. The molecule has 0 amide bonds. The molecular weight excluding hydrogens is 289 g/mol. The van der Waals surface area contributed by atoms with E-state index in [1.54, 1.807) is 0 Å². The van der Waals surface area contributed by atoms with Gasteiger partial charge in [-0.05, 0) is 12.1 Å². The van der Waals surface area contributed by atoms with E-state index in [-0.39, 0.29) is 5.56 Å². The molecule has 0 unspecified atom stereocenters. The maximum Gasteiger partial charge on any atom is 0.416 e. The number of hydrogen-bond acceptors (Lipinski definition) is 4. The monoisotopic (exact) mass is 300 g/mol. The first-order valence-corrected chi connectivity index (χ1v) is 5.93. The highest BCUT2D eigenvalue weighted by Crippen LogP contribution is 2.37. The van der Waals surface area contributed by atoms with Crippen LogP contribution < -0.4 is 0 Å². The summed E-state index contributed by atoms with van der Waals surface area (Å²) in [5.74, 6) is -1.37. The smallest absolute Gasteiger partial charge is 0.416 e. The number of allylic oxidation sites excluding steroid dienone is 1. The number of carbonyl (C=O) groups excluding carboxylic acids is 2. The summed E-state index contributed by atoms with van der Waals surface area (Å²) in [5.41, 5.74) is -2.90. The van der Waals surface area contributed by atoms with E-state index in [0.717, 1.165) is 37.6 Å². The molecule has 0 fully saturated rings. The van der Waals surface area contributed by atoms with Gasteiger partial charge in [0, 0.05) is 11.6 Å². The Hall–Kier alpha value is -2.31. The van der Waals surface area contributed by atoms with E-state index in [0.29, 0.717) is 0 Å². The second-order valence-corrected chi connectivity index (χ2v) is 4.46. The second kappa shape index (κ2) is 5.23. The summed E-state index contributed by atoms with van der Waals surface area (Å²) in [6.45, 7) is 0. The Bertz CT molecular complexity index is 606. The molecule has 0 bridgehead atoms. The molecule has 1 heterocycles. The number of ether oxygens (including phenoxy) is 2. The van der Waals surface area contributed by atoms with Crippen LogP contribution in [0.5, 0.6) is 0 Å². The highest BCUT2D eigenvalue weighted by Gasteiger charge is 2.47. The summed E-state index contributed by atoms with van der Waals surface area (Å²) < 4.78 is 48.1. The quantitative estimate of drug-likeness (QED) is 0.788. The molecule has 0 saturated heterocycles. The van der Waals surface area contributed by atoms with Crippen LogP contribution in [-0.2, 0) is 30.8 Å². The van der Waals surface area contributed by atoms with Crippen molar-refractivity contribution in [3.63, 3.8) is 0 Å². The molecule has 0 N–H and O–H groups in total. The lowest BCUT2D eigenvalue weighted by atomic mass is 9.86. The minimum atomic E-state index is -4.57. The van der Waals surface area contributed by atoms with Crippen molar-refractivity contribution in [3.05, 3.63) is 47.7 Å². The van der Waals surface area contributed by atoms with Crippen molar-refractivity contribution in [1.82, 2.24) is 0 Å². The number of carbonyl (C=O) groups is 2. The summed E-state index contributed by atoms with van der Waals surface area (Å²) >= 11 is 0. The van der Waals surface area contributed by atoms with Crippen LogP contribution in [0.15, 0.2) is 36.6 Å². The average Bonchev–Trinajstić information content (AvgIpc) is 2.45. The Labute approximate surface area is 118 Å². The van der Waals surface area contributed by atoms with Gasteiger partial charge in [0.25, 0.3) is 0 Å². The van der Waals surface area contributed by atoms with E-state index >= 15 is 0 Å². The Morgan fingerprint density at radius 2 is 2.10 bits per heavy atom. The Balaban J connectivity index is 2.55. The van der Waals surface area contributed by atoms with E-state index < -0.39 is 35.5 Å². The standard InChI is InChI=1S/C14H11F3O4/c1-20-12(19)13(8-11(18)5-6-21-13)9-3-2-4-10(7-9)14(15,16)17/h2-7H,8H2,1H3/t13-/m1/s1. The van der Waals surface area contributed by atoms with Gasteiger partial charge in [-0.1, -0.05) is 12.1 Å². The number of benzene rings is 1. The third-order valence-electron chi connectivity index (χ3n) is 3.12. The summed E-state index contributed by atoms with van der Waals surface area (Å²) in [7, 11) is 1.07. The molecule has 0 radical (unpaired) electrons. The number of ketones is 1. The van der Waals surface area contributed by atoms with Gasteiger partial charge in [-0.25, -0.2) is 4.79 Å². The van der Waals surface area contributed by atoms with Gasteiger partial charge >= 0.3 is 12.1 Å². The molecule has 0 spiro atoms. The van der Waals surface area contributed by atoms with Crippen molar-refractivity contribution in [1.29, 1.82) is 0 Å². The number of esters is 1. The molecule has 4 nitrogen and oxygen atoms in total. The lowest BCUT2D eigenvalue weighted by Crippen LogP contribution is -2.42. The number of halogens is 3.